The fraction of sp³-hybridized carbons (Fsp3) is 0.375. The quantitative estimate of drug-likeness (QED) is 0.580. The lowest BCUT2D eigenvalue weighted by Gasteiger charge is -2.11. The number of methoxy groups -OCH3 is 1. The number of esters is 1. The van der Waals surface area contributed by atoms with Crippen molar-refractivity contribution in [3.05, 3.63) is 23.8 Å². The van der Waals surface area contributed by atoms with Gasteiger partial charge in [0.1, 0.15) is 5.92 Å². The highest BCUT2D eigenvalue weighted by Gasteiger charge is 2.22. The van der Waals surface area contributed by atoms with Crippen LogP contribution < -0.4 is 9.47 Å². The Labute approximate surface area is 134 Å². The molecule has 0 saturated carbocycles. The summed E-state index contributed by atoms with van der Waals surface area (Å²) in [6, 6.07) is 6.21. The number of ether oxygens (including phenoxy) is 3. The molecule has 1 aromatic rings. The number of ketones is 1. The van der Waals surface area contributed by atoms with Crippen molar-refractivity contribution in [2.45, 2.75) is 13.8 Å². The van der Waals surface area contributed by atoms with Crippen LogP contribution in [-0.2, 0) is 9.53 Å². The zero-order chi connectivity index (χ0) is 17.4. The third-order valence-electron chi connectivity index (χ3n) is 2.93. The molecule has 7 heteroatoms. The maximum Gasteiger partial charge on any atom is 0.338 e. The maximum absolute atomic E-state index is 12.0. The molecular formula is C16H18N2O5. The van der Waals surface area contributed by atoms with Crippen LogP contribution in [0.1, 0.15) is 24.2 Å². The van der Waals surface area contributed by atoms with E-state index < -0.39 is 24.3 Å². The normalized spacial score (nSPS) is 11.0. The molecule has 0 fully saturated rings. The van der Waals surface area contributed by atoms with Gasteiger partial charge in [-0.2, -0.15) is 5.26 Å². The van der Waals surface area contributed by atoms with Crippen LogP contribution in [0.15, 0.2) is 18.2 Å². The summed E-state index contributed by atoms with van der Waals surface area (Å²) in [7, 11) is 1.45. The van der Waals surface area contributed by atoms with Crippen LogP contribution in [0.2, 0.25) is 0 Å². The summed E-state index contributed by atoms with van der Waals surface area (Å²) in [5.74, 6) is -1.69. The second-order valence-corrected chi connectivity index (χ2v) is 4.59. The molecule has 7 nitrogen and oxygen atoms in total. The molecule has 122 valence electrons. The topological polar surface area (TPSA) is 109 Å². The van der Waals surface area contributed by atoms with Crippen LogP contribution in [0.5, 0.6) is 11.5 Å². The molecule has 0 saturated heterocycles. The predicted octanol–water partition coefficient (Wildman–Crippen LogP) is 2.00. The van der Waals surface area contributed by atoms with Crippen LogP contribution in [0.25, 0.3) is 0 Å². The molecule has 23 heavy (non-hydrogen) atoms. The molecule has 0 bridgehead atoms. The van der Waals surface area contributed by atoms with E-state index in [9.17, 15) is 9.59 Å². The van der Waals surface area contributed by atoms with E-state index in [0.717, 1.165) is 0 Å². The molecular weight excluding hydrogens is 300 g/mol. The highest BCUT2D eigenvalue weighted by Crippen LogP contribution is 2.28. The molecule has 0 aliphatic rings. The first-order valence-electron chi connectivity index (χ1n) is 6.89. The summed E-state index contributed by atoms with van der Waals surface area (Å²) in [4.78, 5) is 23.7. The van der Waals surface area contributed by atoms with Crippen molar-refractivity contribution in [3.8, 4) is 17.6 Å². The minimum atomic E-state index is -1.20. The number of hydrogen-bond acceptors (Lipinski definition) is 7. The Morgan fingerprint density at radius 3 is 2.57 bits per heavy atom. The summed E-state index contributed by atoms with van der Waals surface area (Å²) in [6.07, 6.45) is 0. The second-order valence-electron chi connectivity index (χ2n) is 4.59. The van der Waals surface area contributed by atoms with Crippen molar-refractivity contribution in [1.29, 1.82) is 10.7 Å². The van der Waals surface area contributed by atoms with E-state index in [1.807, 2.05) is 6.92 Å². The number of carbonyl (C=O) groups excluding carboxylic acids is 2. The average molecular weight is 318 g/mol. The van der Waals surface area contributed by atoms with Gasteiger partial charge in [-0.05, 0) is 32.0 Å². The number of nitrogens with one attached hydrogen (secondary N) is 1. The molecule has 0 spiro atoms. The van der Waals surface area contributed by atoms with Crippen LogP contribution >= 0.6 is 0 Å². The van der Waals surface area contributed by atoms with Crippen molar-refractivity contribution in [3.63, 3.8) is 0 Å². The molecule has 0 amide bonds. The number of carbonyl (C=O) groups is 2. The molecule has 0 unspecified atom stereocenters. The van der Waals surface area contributed by atoms with Gasteiger partial charge in [0.15, 0.2) is 23.9 Å². The van der Waals surface area contributed by atoms with Crippen molar-refractivity contribution >= 4 is 17.5 Å². The van der Waals surface area contributed by atoms with Gasteiger partial charge in [-0.1, -0.05) is 0 Å². The standard InChI is InChI=1S/C16H18N2O5/c1-4-22-14-6-5-11(7-15(14)21-3)16(20)23-9-13(19)12(8-17)10(2)18/h5-7,12,18H,4,9H2,1-3H3/t12-/m1/s1. The predicted molar refractivity (Wildman–Crippen MR) is 82.0 cm³/mol. The fourth-order valence-corrected chi connectivity index (χ4v) is 1.78. The van der Waals surface area contributed by atoms with E-state index in [4.69, 9.17) is 24.9 Å². The molecule has 0 aromatic heterocycles. The molecule has 1 N–H and O–H groups in total. The Bertz CT molecular complexity index is 648. The molecule has 1 rings (SSSR count). The molecule has 0 heterocycles. The second kappa shape index (κ2) is 8.54. The maximum atomic E-state index is 12.0. The van der Waals surface area contributed by atoms with Crippen LogP contribution in [-0.4, -0.2) is 37.8 Å². The Morgan fingerprint density at radius 2 is 2.04 bits per heavy atom. The van der Waals surface area contributed by atoms with E-state index in [0.29, 0.717) is 18.1 Å². The molecule has 0 aliphatic carbocycles. The van der Waals surface area contributed by atoms with Gasteiger partial charge in [-0.15, -0.1) is 0 Å². The van der Waals surface area contributed by atoms with E-state index in [2.05, 4.69) is 0 Å². The van der Waals surface area contributed by atoms with Gasteiger partial charge in [-0.25, -0.2) is 4.79 Å². The van der Waals surface area contributed by atoms with Gasteiger partial charge in [-0.3, -0.25) is 4.79 Å². The minimum absolute atomic E-state index is 0.0868. The molecule has 0 radical (unpaired) electrons. The lowest BCUT2D eigenvalue weighted by Crippen LogP contribution is -2.25. The molecule has 0 aliphatic heterocycles. The lowest BCUT2D eigenvalue weighted by molar-refractivity contribution is -0.122. The highest BCUT2D eigenvalue weighted by atomic mass is 16.5. The SMILES string of the molecule is CCOc1ccc(C(=O)OCC(=O)[C@H](C#N)C(C)=N)cc1OC. The zero-order valence-corrected chi connectivity index (χ0v) is 13.2. The van der Waals surface area contributed by atoms with Gasteiger partial charge >= 0.3 is 5.97 Å². The Balaban J connectivity index is 2.77. The highest BCUT2D eigenvalue weighted by molar-refractivity contribution is 6.06. The molecule has 1 aromatic carbocycles. The van der Waals surface area contributed by atoms with Crippen molar-refractivity contribution in [1.82, 2.24) is 0 Å². The van der Waals surface area contributed by atoms with Crippen molar-refractivity contribution in [2.24, 2.45) is 5.92 Å². The zero-order valence-electron chi connectivity index (χ0n) is 13.2. The van der Waals surface area contributed by atoms with Crippen molar-refractivity contribution < 1.29 is 23.8 Å². The number of rotatable bonds is 8. The summed E-state index contributed by atoms with van der Waals surface area (Å²) < 4.78 is 15.4. The molecule has 1 atom stereocenters. The minimum Gasteiger partial charge on any atom is -0.493 e. The first kappa shape index (κ1) is 18.2. The van der Waals surface area contributed by atoms with Gasteiger partial charge in [0.2, 0.25) is 0 Å². The van der Waals surface area contributed by atoms with E-state index in [-0.39, 0.29) is 11.3 Å². The van der Waals surface area contributed by atoms with Gasteiger partial charge < -0.3 is 19.6 Å². The van der Waals surface area contributed by atoms with Crippen molar-refractivity contribution in [2.75, 3.05) is 20.3 Å². The first-order chi connectivity index (χ1) is 10.9. The van der Waals surface area contributed by atoms with E-state index in [1.165, 1.54) is 26.2 Å². The number of Topliss-reactive ketones (excluding diaryl/α,β-unsaturated/α-hetero) is 1. The third kappa shape index (κ3) is 4.81. The summed E-state index contributed by atoms with van der Waals surface area (Å²) in [5.41, 5.74) is 0.106. The number of nitriles is 1. The summed E-state index contributed by atoms with van der Waals surface area (Å²) in [5, 5.41) is 16.1. The Kier molecular flexibility index (Phi) is 6.74. The number of nitrogens with zero attached hydrogens (tertiary/aromatic N) is 1. The Morgan fingerprint density at radius 1 is 1.35 bits per heavy atom. The Hall–Kier alpha value is -2.88. The van der Waals surface area contributed by atoms with Crippen LogP contribution in [0.4, 0.5) is 0 Å². The lowest BCUT2D eigenvalue weighted by atomic mass is 10.0. The first-order valence-corrected chi connectivity index (χ1v) is 6.89. The summed E-state index contributed by atoms with van der Waals surface area (Å²) >= 11 is 0. The van der Waals surface area contributed by atoms with Gasteiger partial charge in [0, 0.05) is 5.71 Å². The third-order valence-corrected chi connectivity index (χ3v) is 2.93. The largest absolute Gasteiger partial charge is 0.493 e. The number of hydrogen-bond donors (Lipinski definition) is 1. The monoisotopic (exact) mass is 318 g/mol. The van der Waals surface area contributed by atoms with Gasteiger partial charge in [0.25, 0.3) is 0 Å². The van der Waals surface area contributed by atoms with E-state index >= 15 is 0 Å². The van der Waals surface area contributed by atoms with E-state index in [1.54, 1.807) is 12.1 Å². The van der Waals surface area contributed by atoms with Gasteiger partial charge in [0.05, 0.1) is 25.3 Å². The fourth-order valence-electron chi connectivity index (χ4n) is 1.78. The van der Waals surface area contributed by atoms with Crippen LogP contribution in [0, 0.1) is 22.7 Å². The average Bonchev–Trinajstić information content (AvgIpc) is 2.53. The van der Waals surface area contributed by atoms with Crippen LogP contribution in [0.3, 0.4) is 0 Å². The summed E-state index contributed by atoms with van der Waals surface area (Å²) in [6.45, 7) is 3.06. The smallest absolute Gasteiger partial charge is 0.338 e. The number of benzene rings is 1.